The van der Waals surface area contributed by atoms with E-state index in [9.17, 15) is 5.11 Å². The molecule has 5 heteroatoms. The fraction of sp³-hybridized carbons (Fsp3) is 0.733. The highest BCUT2D eigenvalue weighted by atomic mass is 16.5. The van der Waals surface area contributed by atoms with Gasteiger partial charge in [0.05, 0.1) is 19.0 Å². The first-order chi connectivity index (χ1) is 9.76. The van der Waals surface area contributed by atoms with Crippen LogP contribution in [-0.2, 0) is 11.3 Å². The van der Waals surface area contributed by atoms with Crippen molar-refractivity contribution in [1.82, 2.24) is 5.32 Å². The highest BCUT2D eigenvalue weighted by Crippen LogP contribution is 2.09. The van der Waals surface area contributed by atoms with Crippen LogP contribution in [0.3, 0.4) is 0 Å². The van der Waals surface area contributed by atoms with Crippen molar-refractivity contribution in [2.24, 2.45) is 5.92 Å². The van der Waals surface area contributed by atoms with Crippen molar-refractivity contribution in [2.75, 3.05) is 26.3 Å². The summed E-state index contributed by atoms with van der Waals surface area (Å²) in [5.41, 5.74) is 0. The molecule has 0 fully saturated rings. The van der Waals surface area contributed by atoms with E-state index in [4.69, 9.17) is 14.3 Å². The Balaban J connectivity index is 2.05. The molecule has 0 aromatic carbocycles. The van der Waals surface area contributed by atoms with Crippen molar-refractivity contribution >= 4 is 0 Å². The highest BCUT2D eigenvalue weighted by Gasteiger charge is 2.09. The molecule has 20 heavy (non-hydrogen) atoms. The van der Waals surface area contributed by atoms with Crippen LogP contribution in [0, 0.1) is 5.92 Å². The molecule has 116 valence electrons. The van der Waals surface area contributed by atoms with Crippen LogP contribution >= 0.6 is 0 Å². The SMILES string of the molecule is CCCC(CCO)CNCC(O)COCc1ccco1. The smallest absolute Gasteiger partial charge is 0.129 e. The highest BCUT2D eigenvalue weighted by molar-refractivity contribution is 4.96. The number of aliphatic hydroxyl groups is 2. The summed E-state index contributed by atoms with van der Waals surface area (Å²) in [5.74, 6) is 1.23. The molecule has 0 aliphatic heterocycles. The Morgan fingerprint density at radius 2 is 2.20 bits per heavy atom. The van der Waals surface area contributed by atoms with E-state index in [1.165, 1.54) is 0 Å². The average Bonchev–Trinajstić information content (AvgIpc) is 2.92. The van der Waals surface area contributed by atoms with E-state index in [1.54, 1.807) is 6.26 Å². The minimum absolute atomic E-state index is 0.223. The van der Waals surface area contributed by atoms with Crippen LogP contribution in [0.4, 0.5) is 0 Å². The molecule has 1 aromatic heterocycles. The molecular weight excluding hydrogens is 258 g/mol. The Morgan fingerprint density at radius 3 is 2.85 bits per heavy atom. The molecule has 1 heterocycles. The Bertz CT molecular complexity index is 310. The van der Waals surface area contributed by atoms with E-state index in [0.29, 0.717) is 19.1 Å². The zero-order valence-corrected chi connectivity index (χ0v) is 12.3. The van der Waals surface area contributed by atoms with Crippen molar-refractivity contribution in [3.05, 3.63) is 24.2 Å². The predicted molar refractivity (Wildman–Crippen MR) is 77.3 cm³/mol. The first kappa shape index (κ1) is 17.2. The zero-order valence-electron chi connectivity index (χ0n) is 12.3. The van der Waals surface area contributed by atoms with E-state index in [0.717, 1.165) is 31.6 Å². The van der Waals surface area contributed by atoms with Gasteiger partial charge in [-0.2, -0.15) is 0 Å². The number of furan rings is 1. The lowest BCUT2D eigenvalue weighted by atomic mass is 10.0. The first-order valence-corrected chi connectivity index (χ1v) is 7.36. The second kappa shape index (κ2) is 10.9. The van der Waals surface area contributed by atoms with Crippen molar-refractivity contribution in [1.29, 1.82) is 0 Å². The van der Waals surface area contributed by atoms with Gasteiger partial charge in [0.25, 0.3) is 0 Å². The van der Waals surface area contributed by atoms with Crippen molar-refractivity contribution in [3.63, 3.8) is 0 Å². The Kier molecular flexibility index (Phi) is 9.32. The van der Waals surface area contributed by atoms with Crippen molar-refractivity contribution < 1.29 is 19.4 Å². The molecule has 5 nitrogen and oxygen atoms in total. The molecule has 3 N–H and O–H groups in total. The monoisotopic (exact) mass is 285 g/mol. The van der Waals surface area contributed by atoms with Crippen LogP contribution in [0.25, 0.3) is 0 Å². The third kappa shape index (κ3) is 7.65. The number of hydrogen-bond donors (Lipinski definition) is 3. The summed E-state index contributed by atoms with van der Waals surface area (Å²) in [6.45, 7) is 4.36. The molecule has 1 aromatic rings. The summed E-state index contributed by atoms with van der Waals surface area (Å²) in [5, 5.41) is 22.0. The molecule has 0 aliphatic carbocycles. The van der Waals surface area contributed by atoms with Gasteiger partial charge in [-0.05, 0) is 37.4 Å². The lowest BCUT2D eigenvalue weighted by molar-refractivity contribution is 0.0222. The average molecular weight is 285 g/mol. The second-order valence-electron chi connectivity index (χ2n) is 5.07. The number of nitrogens with one attached hydrogen (secondary N) is 1. The van der Waals surface area contributed by atoms with Gasteiger partial charge >= 0.3 is 0 Å². The third-order valence-corrected chi connectivity index (χ3v) is 3.18. The van der Waals surface area contributed by atoms with Crippen LogP contribution in [0.2, 0.25) is 0 Å². The van der Waals surface area contributed by atoms with Gasteiger partial charge in [0, 0.05) is 13.2 Å². The van der Waals surface area contributed by atoms with Gasteiger partial charge in [0.15, 0.2) is 0 Å². The van der Waals surface area contributed by atoms with Crippen LogP contribution in [-0.4, -0.2) is 42.6 Å². The molecule has 2 unspecified atom stereocenters. The summed E-state index contributed by atoms with van der Waals surface area (Å²) in [6.07, 6.45) is 4.10. The fourth-order valence-electron chi connectivity index (χ4n) is 2.14. The van der Waals surface area contributed by atoms with Gasteiger partial charge in [-0.15, -0.1) is 0 Å². The third-order valence-electron chi connectivity index (χ3n) is 3.18. The molecule has 0 saturated carbocycles. The van der Waals surface area contributed by atoms with E-state index < -0.39 is 6.10 Å². The van der Waals surface area contributed by atoms with Gasteiger partial charge in [0.1, 0.15) is 12.4 Å². The van der Waals surface area contributed by atoms with Gasteiger partial charge in [-0.3, -0.25) is 0 Å². The molecule has 0 saturated heterocycles. The quantitative estimate of drug-likeness (QED) is 0.543. The molecule has 0 bridgehead atoms. The van der Waals surface area contributed by atoms with E-state index in [1.807, 2.05) is 12.1 Å². The van der Waals surface area contributed by atoms with Crippen molar-refractivity contribution in [3.8, 4) is 0 Å². The topological polar surface area (TPSA) is 74.9 Å². The van der Waals surface area contributed by atoms with E-state index in [-0.39, 0.29) is 13.2 Å². The molecule has 0 spiro atoms. The standard InChI is InChI=1S/C15H27NO4/c1-2-4-13(6-7-17)9-16-10-14(18)11-19-12-15-5-3-8-20-15/h3,5,8,13-14,16-18H,2,4,6-7,9-12H2,1H3. The van der Waals surface area contributed by atoms with Gasteiger partial charge in [-0.1, -0.05) is 13.3 Å². The summed E-state index contributed by atoms with van der Waals surface area (Å²) >= 11 is 0. The van der Waals surface area contributed by atoms with E-state index >= 15 is 0 Å². The fourth-order valence-corrected chi connectivity index (χ4v) is 2.14. The van der Waals surface area contributed by atoms with Crippen molar-refractivity contribution in [2.45, 2.75) is 38.9 Å². The zero-order chi connectivity index (χ0) is 14.6. The largest absolute Gasteiger partial charge is 0.467 e. The summed E-state index contributed by atoms with van der Waals surface area (Å²) in [7, 11) is 0. The van der Waals surface area contributed by atoms with E-state index in [2.05, 4.69) is 12.2 Å². The van der Waals surface area contributed by atoms with Crippen LogP contribution in [0.5, 0.6) is 0 Å². The number of ether oxygens (including phenoxy) is 1. The van der Waals surface area contributed by atoms with Gasteiger partial charge < -0.3 is 24.7 Å². The van der Waals surface area contributed by atoms with Crippen LogP contribution < -0.4 is 5.32 Å². The summed E-state index contributed by atoms with van der Waals surface area (Å²) < 4.78 is 10.5. The molecule has 0 aliphatic rings. The van der Waals surface area contributed by atoms with Gasteiger partial charge in [-0.25, -0.2) is 0 Å². The maximum absolute atomic E-state index is 9.78. The first-order valence-electron chi connectivity index (χ1n) is 7.36. The molecule has 2 atom stereocenters. The Morgan fingerprint density at radius 1 is 1.35 bits per heavy atom. The number of hydrogen-bond acceptors (Lipinski definition) is 5. The van der Waals surface area contributed by atoms with Crippen LogP contribution in [0.1, 0.15) is 31.9 Å². The molecule has 0 amide bonds. The minimum atomic E-state index is -0.527. The Labute approximate surface area is 120 Å². The second-order valence-corrected chi connectivity index (χ2v) is 5.07. The Hall–Kier alpha value is -0.880. The normalized spacial score (nSPS) is 14.3. The lowest BCUT2D eigenvalue weighted by Crippen LogP contribution is -2.33. The maximum Gasteiger partial charge on any atom is 0.129 e. The molecular formula is C15H27NO4. The summed E-state index contributed by atoms with van der Waals surface area (Å²) in [6, 6.07) is 3.65. The predicted octanol–water partition coefficient (Wildman–Crippen LogP) is 1.55. The maximum atomic E-state index is 9.78. The molecule has 0 radical (unpaired) electrons. The lowest BCUT2D eigenvalue weighted by Gasteiger charge is -2.17. The summed E-state index contributed by atoms with van der Waals surface area (Å²) in [4.78, 5) is 0. The van der Waals surface area contributed by atoms with Gasteiger partial charge in [0.2, 0.25) is 0 Å². The number of aliphatic hydroxyl groups excluding tert-OH is 2. The minimum Gasteiger partial charge on any atom is -0.467 e. The molecule has 1 rings (SSSR count). The van der Waals surface area contributed by atoms with Crippen LogP contribution in [0.15, 0.2) is 22.8 Å². The number of rotatable bonds is 12.